The molecule has 0 aromatic heterocycles. The highest BCUT2D eigenvalue weighted by molar-refractivity contribution is 5.94. The summed E-state index contributed by atoms with van der Waals surface area (Å²) in [4.78, 5) is 2.31. The number of rotatable bonds is 3. The van der Waals surface area contributed by atoms with Crippen LogP contribution in [0.5, 0.6) is 0 Å². The zero-order valence-corrected chi connectivity index (χ0v) is 15.0. The van der Waals surface area contributed by atoms with Gasteiger partial charge in [-0.3, -0.25) is 5.01 Å². The lowest BCUT2D eigenvalue weighted by Gasteiger charge is -2.34. The minimum Gasteiger partial charge on any atom is -0.370 e. The molecule has 24 heavy (non-hydrogen) atoms. The lowest BCUT2D eigenvalue weighted by Crippen LogP contribution is -2.28. The zero-order valence-electron chi connectivity index (χ0n) is 15.0. The number of allylic oxidation sites excluding steroid dienone is 1. The Morgan fingerprint density at radius 1 is 1.04 bits per heavy atom. The van der Waals surface area contributed by atoms with Gasteiger partial charge in [0.05, 0.1) is 5.70 Å². The number of fused-ring (bicyclic) bond motifs is 2. The van der Waals surface area contributed by atoms with Crippen molar-refractivity contribution in [3.05, 3.63) is 65.2 Å². The van der Waals surface area contributed by atoms with E-state index in [4.69, 9.17) is 0 Å². The fourth-order valence-corrected chi connectivity index (χ4v) is 3.49. The molecule has 0 fully saturated rings. The van der Waals surface area contributed by atoms with E-state index in [0.717, 1.165) is 12.2 Å². The molecule has 1 aliphatic rings. The van der Waals surface area contributed by atoms with Crippen LogP contribution >= 0.6 is 0 Å². The molecule has 0 spiro atoms. The lowest BCUT2D eigenvalue weighted by atomic mass is 9.92. The number of hydrogen-bond acceptors (Lipinski definition) is 3. The van der Waals surface area contributed by atoms with Gasteiger partial charge < -0.3 is 4.90 Å². The summed E-state index contributed by atoms with van der Waals surface area (Å²) < 4.78 is 0. The predicted octanol–water partition coefficient (Wildman–Crippen LogP) is 4.85. The summed E-state index contributed by atoms with van der Waals surface area (Å²) >= 11 is 0. The van der Waals surface area contributed by atoms with Crippen LogP contribution in [-0.4, -0.2) is 24.8 Å². The van der Waals surface area contributed by atoms with Crippen LogP contribution in [0.3, 0.4) is 0 Å². The Bertz CT molecular complexity index is 789. The first-order chi connectivity index (χ1) is 11.5. The number of benzene rings is 2. The first-order valence-corrected chi connectivity index (χ1v) is 8.40. The summed E-state index contributed by atoms with van der Waals surface area (Å²) in [6.45, 7) is 11.2. The van der Waals surface area contributed by atoms with Crippen molar-refractivity contribution in [2.24, 2.45) is 5.10 Å². The SMILES string of the molecule is C=NN(/C1=C(\C)c2ccccc2CN(C)c2ccccc21)C(C)C. The van der Waals surface area contributed by atoms with E-state index in [-0.39, 0.29) is 6.04 Å². The number of anilines is 1. The minimum absolute atomic E-state index is 0.234. The van der Waals surface area contributed by atoms with E-state index in [9.17, 15) is 0 Å². The molecular formula is C21H25N3. The largest absolute Gasteiger partial charge is 0.370 e. The van der Waals surface area contributed by atoms with Crippen molar-refractivity contribution in [3.63, 3.8) is 0 Å². The van der Waals surface area contributed by atoms with Crippen molar-refractivity contribution < 1.29 is 0 Å². The fraction of sp³-hybridized carbons (Fsp3) is 0.286. The summed E-state index contributed by atoms with van der Waals surface area (Å²) in [6.07, 6.45) is 0. The first-order valence-electron chi connectivity index (χ1n) is 8.40. The first kappa shape index (κ1) is 16.3. The molecule has 0 saturated carbocycles. The quantitative estimate of drug-likeness (QED) is 0.595. The summed E-state index contributed by atoms with van der Waals surface area (Å²) in [5.41, 5.74) is 7.41. The number of nitrogens with zero attached hydrogens (tertiary/aromatic N) is 3. The maximum atomic E-state index is 4.34. The van der Waals surface area contributed by atoms with E-state index in [2.05, 4.69) is 93.1 Å². The smallest absolute Gasteiger partial charge is 0.0725 e. The molecular weight excluding hydrogens is 294 g/mol. The van der Waals surface area contributed by atoms with Crippen LogP contribution in [0.4, 0.5) is 5.69 Å². The molecule has 0 radical (unpaired) electrons. The Hall–Kier alpha value is -2.55. The van der Waals surface area contributed by atoms with Gasteiger partial charge in [0.25, 0.3) is 0 Å². The van der Waals surface area contributed by atoms with Gasteiger partial charge in [0, 0.05) is 37.6 Å². The summed E-state index contributed by atoms with van der Waals surface area (Å²) in [5, 5.41) is 6.37. The fourth-order valence-electron chi connectivity index (χ4n) is 3.49. The molecule has 0 atom stereocenters. The molecule has 0 unspecified atom stereocenters. The Morgan fingerprint density at radius 2 is 1.67 bits per heavy atom. The van der Waals surface area contributed by atoms with Crippen molar-refractivity contribution in [1.29, 1.82) is 0 Å². The van der Waals surface area contributed by atoms with Crippen LogP contribution in [0.25, 0.3) is 11.3 Å². The molecule has 1 aliphatic heterocycles. The van der Waals surface area contributed by atoms with Gasteiger partial charge in [0.1, 0.15) is 0 Å². The normalized spacial score (nSPS) is 17.0. The van der Waals surface area contributed by atoms with E-state index in [1.54, 1.807) is 0 Å². The molecule has 0 amide bonds. The van der Waals surface area contributed by atoms with Crippen LogP contribution in [0.1, 0.15) is 37.5 Å². The Labute approximate surface area is 144 Å². The van der Waals surface area contributed by atoms with Crippen LogP contribution in [-0.2, 0) is 6.54 Å². The Morgan fingerprint density at radius 3 is 2.33 bits per heavy atom. The highest BCUT2D eigenvalue weighted by Gasteiger charge is 2.24. The van der Waals surface area contributed by atoms with Crippen LogP contribution in [0.15, 0.2) is 53.6 Å². The van der Waals surface area contributed by atoms with Gasteiger partial charge in [0.15, 0.2) is 0 Å². The van der Waals surface area contributed by atoms with E-state index >= 15 is 0 Å². The molecule has 1 heterocycles. The molecule has 0 N–H and O–H groups in total. The molecule has 2 aromatic carbocycles. The van der Waals surface area contributed by atoms with E-state index < -0.39 is 0 Å². The van der Waals surface area contributed by atoms with Gasteiger partial charge in [-0.25, -0.2) is 0 Å². The summed E-state index contributed by atoms with van der Waals surface area (Å²) in [5.74, 6) is 0. The molecule has 3 rings (SSSR count). The number of hydrogen-bond donors (Lipinski definition) is 0. The van der Waals surface area contributed by atoms with E-state index in [0.29, 0.717) is 0 Å². The lowest BCUT2D eigenvalue weighted by molar-refractivity contribution is 0.351. The van der Waals surface area contributed by atoms with Crippen LogP contribution in [0, 0.1) is 0 Å². The van der Waals surface area contributed by atoms with Crippen molar-refractivity contribution in [2.75, 3.05) is 11.9 Å². The van der Waals surface area contributed by atoms with Crippen molar-refractivity contribution in [1.82, 2.24) is 5.01 Å². The Kier molecular flexibility index (Phi) is 4.43. The minimum atomic E-state index is 0.234. The summed E-state index contributed by atoms with van der Waals surface area (Å²) in [6, 6.07) is 17.4. The third-order valence-corrected chi connectivity index (χ3v) is 4.63. The predicted molar refractivity (Wildman–Crippen MR) is 104 cm³/mol. The molecule has 2 aromatic rings. The molecule has 124 valence electrons. The number of hydrazone groups is 1. The number of para-hydroxylation sites is 1. The maximum Gasteiger partial charge on any atom is 0.0725 e. The van der Waals surface area contributed by atoms with Gasteiger partial charge in [-0.15, -0.1) is 0 Å². The Balaban J connectivity index is 2.37. The van der Waals surface area contributed by atoms with Gasteiger partial charge in [-0.2, -0.15) is 5.10 Å². The van der Waals surface area contributed by atoms with Crippen LogP contribution in [0.2, 0.25) is 0 Å². The standard InChI is InChI=1S/C21H25N3/c1-15(2)24(22-4)21-16(3)18-11-7-6-10-17(18)14-23(5)20-13-9-8-12-19(20)21/h6-13,15H,4,14H2,1-3,5H3/b21-16+. The second-order valence-electron chi connectivity index (χ2n) is 6.58. The van der Waals surface area contributed by atoms with Crippen molar-refractivity contribution in [2.45, 2.75) is 33.4 Å². The maximum absolute atomic E-state index is 4.34. The van der Waals surface area contributed by atoms with Gasteiger partial charge in [0.2, 0.25) is 0 Å². The van der Waals surface area contributed by atoms with E-state index in [1.807, 2.05) is 5.01 Å². The molecule has 3 nitrogen and oxygen atoms in total. The molecule has 0 bridgehead atoms. The molecule has 3 heteroatoms. The monoisotopic (exact) mass is 319 g/mol. The second kappa shape index (κ2) is 6.52. The topological polar surface area (TPSA) is 18.8 Å². The summed E-state index contributed by atoms with van der Waals surface area (Å²) in [7, 11) is 2.15. The highest BCUT2D eigenvalue weighted by Crippen LogP contribution is 2.39. The average molecular weight is 319 g/mol. The third kappa shape index (κ3) is 2.71. The van der Waals surface area contributed by atoms with Gasteiger partial charge in [-0.05, 0) is 43.5 Å². The van der Waals surface area contributed by atoms with E-state index in [1.165, 1.54) is 28.0 Å². The van der Waals surface area contributed by atoms with Gasteiger partial charge in [-0.1, -0.05) is 42.5 Å². The van der Waals surface area contributed by atoms with Crippen LogP contribution < -0.4 is 4.90 Å². The second-order valence-corrected chi connectivity index (χ2v) is 6.58. The highest BCUT2D eigenvalue weighted by atomic mass is 15.5. The molecule has 0 aliphatic carbocycles. The third-order valence-electron chi connectivity index (χ3n) is 4.63. The van der Waals surface area contributed by atoms with Gasteiger partial charge >= 0.3 is 0 Å². The average Bonchev–Trinajstić information content (AvgIpc) is 2.58. The van der Waals surface area contributed by atoms with Crippen molar-refractivity contribution in [3.8, 4) is 0 Å². The van der Waals surface area contributed by atoms with Crippen molar-refractivity contribution >= 4 is 23.7 Å². The zero-order chi connectivity index (χ0) is 17.3. The molecule has 0 saturated heterocycles.